The summed E-state index contributed by atoms with van der Waals surface area (Å²) in [5.41, 5.74) is 1.89. The van der Waals surface area contributed by atoms with Gasteiger partial charge in [-0.1, -0.05) is 18.2 Å². The molecule has 26 heavy (non-hydrogen) atoms. The summed E-state index contributed by atoms with van der Waals surface area (Å²) in [6, 6.07) is 19.3. The average Bonchev–Trinajstić information content (AvgIpc) is 2.66. The minimum Gasteiger partial charge on any atom is -0.504 e. The molecule has 6 heteroatoms. The Morgan fingerprint density at radius 2 is 1.15 bits per heavy atom. The number of amides is 2. The van der Waals surface area contributed by atoms with Gasteiger partial charge in [0, 0.05) is 22.5 Å². The summed E-state index contributed by atoms with van der Waals surface area (Å²) in [6.45, 7) is 0. The molecule has 0 spiro atoms. The molecule has 0 aromatic heterocycles. The molecule has 4 N–H and O–H groups in total. The first-order chi connectivity index (χ1) is 12.5. The van der Waals surface area contributed by atoms with Crippen LogP contribution in [-0.4, -0.2) is 22.0 Å². The van der Waals surface area contributed by atoms with Crippen molar-refractivity contribution in [3.05, 3.63) is 83.9 Å². The normalized spacial score (nSPS) is 10.2. The van der Waals surface area contributed by atoms with E-state index < -0.39 is 5.91 Å². The van der Waals surface area contributed by atoms with E-state index in [2.05, 4.69) is 10.6 Å². The molecular weight excluding hydrogens is 332 g/mol. The second kappa shape index (κ2) is 7.40. The minimum atomic E-state index is -0.429. The van der Waals surface area contributed by atoms with E-state index in [1.165, 1.54) is 18.2 Å². The van der Waals surface area contributed by atoms with Crippen LogP contribution in [0.2, 0.25) is 0 Å². The van der Waals surface area contributed by atoms with E-state index in [-0.39, 0.29) is 23.0 Å². The number of benzene rings is 3. The molecule has 0 heterocycles. The van der Waals surface area contributed by atoms with Gasteiger partial charge in [-0.3, -0.25) is 9.59 Å². The van der Waals surface area contributed by atoms with E-state index in [0.29, 0.717) is 16.9 Å². The van der Waals surface area contributed by atoms with Crippen LogP contribution in [0.15, 0.2) is 72.8 Å². The number of rotatable bonds is 4. The number of hydrogen-bond donors (Lipinski definition) is 4. The van der Waals surface area contributed by atoms with Gasteiger partial charge in [0.1, 0.15) is 0 Å². The lowest BCUT2D eigenvalue weighted by atomic mass is 10.1. The van der Waals surface area contributed by atoms with Gasteiger partial charge in [-0.25, -0.2) is 0 Å². The van der Waals surface area contributed by atoms with Crippen molar-refractivity contribution in [1.82, 2.24) is 0 Å². The quantitative estimate of drug-likeness (QED) is 0.541. The second-order valence-corrected chi connectivity index (χ2v) is 5.56. The third kappa shape index (κ3) is 3.99. The highest BCUT2D eigenvalue weighted by Gasteiger charge is 2.10. The van der Waals surface area contributed by atoms with Gasteiger partial charge in [0.05, 0.1) is 0 Å². The first-order valence-electron chi connectivity index (χ1n) is 7.83. The monoisotopic (exact) mass is 348 g/mol. The first-order valence-corrected chi connectivity index (χ1v) is 7.83. The molecule has 0 radical (unpaired) electrons. The van der Waals surface area contributed by atoms with Gasteiger partial charge < -0.3 is 20.8 Å². The Bertz CT molecular complexity index is 938. The largest absolute Gasteiger partial charge is 0.504 e. The lowest BCUT2D eigenvalue weighted by Crippen LogP contribution is -2.13. The number of phenols is 2. The minimum absolute atomic E-state index is 0.210. The van der Waals surface area contributed by atoms with Crippen molar-refractivity contribution in [2.24, 2.45) is 0 Å². The summed E-state index contributed by atoms with van der Waals surface area (Å²) < 4.78 is 0. The molecule has 0 saturated carbocycles. The van der Waals surface area contributed by atoms with Crippen LogP contribution in [-0.2, 0) is 0 Å². The van der Waals surface area contributed by atoms with E-state index in [4.69, 9.17) is 0 Å². The predicted octanol–water partition coefficient (Wildman–Crippen LogP) is 3.60. The number of anilines is 2. The summed E-state index contributed by atoms with van der Waals surface area (Å²) >= 11 is 0. The van der Waals surface area contributed by atoms with Crippen LogP contribution in [0, 0.1) is 0 Å². The average molecular weight is 348 g/mol. The molecule has 0 unspecified atom stereocenters. The van der Waals surface area contributed by atoms with Crippen LogP contribution >= 0.6 is 0 Å². The Hall–Kier alpha value is -3.80. The third-order valence-electron chi connectivity index (χ3n) is 3.67. The maximum absolute atomic E-state index is 12.2. The smallest absolute Gasteiger partial charge is 0.255 e. The predicted molar refractivity (Wildman–Crippen MR) is 98.6 cm³/mol. The van der Waals surface area contributed by atoms with Crippen molar-refractivity contribution in [1.29, 1.82) is 0 Å². The fraction of sp³-hybridized carbons (Fsp3) is 0. The van der Waals surface area contributed by atoms with Crippen molar-refractivity contribution >= 4 is 23.2 Å². The van der Waals surface area contributed by atoms with Gasteiger partial charge in [-0.2, -0.15) is 0 Å². The third-order valence-corrected chi connectivity index (χ3v) is 3.67. The molecule has 0 fully saturated rings. The van der Waals surface area contributed by atoms with Crippen molar-refractivity contribution in [2.75, 3.05) is 10.6 Å². The summed E-state index contributed by atoms with van der Waals surface area (Å²) in [5, 5.41) is 24.2. The zero-order chi connectivity index (χ0) is 18.5. The molecule has 6 nitrogen and oxygen atoms in total. The van der Waals surface area contributed by atoms with Crippen LogP contribution in [0.5, 0.6) is 11.5 Å². The van der Waals surface area contributed by atoms with Crippen molar-refractivity contribution in [3.8, 4) is 11.5 Å². The Labute approximate surface area is 149 Å². The molecule has 2 amide bonds. The Kier molecular flexibility index (Phi) is 4.85. The molecule has 0 atom stereocenters. The molecular formula is C20H16N2O4. The molecule has 130 valence electrons. The number of nitrogens with one attached hydrogen (secondary N) is 2. The summed E-state index contributed by atoms with van der Waals surface area (Å²) in [7, 11) is 0. The lowest BCUT2D eigenvalue weighted by molar-refractivity contribution is 0.101. The van der Waals surface area contributed by atoms with E-state index in [1.54, 1.807) is 48.5 Å². The van der Waals surface area contributed by atoms with Crippen molar-refractivity contribution < 1.29 is 19.8 Å². The number of carbonyl (C=O) groups is 2. The van der Waals surface area contributed by atoms with Gasteiger partial charge in [0.25, 0.3) is 11.8 Å². The fourth-order valence-corrected chi connectivity index (χ4v) is 2.30. The highest BCUT2D eigenvalue weighted by molar-refractivity contribution is 6.06. The maximum atomic E-state index is 12.2. The van der Waals surface area contributed by atoms with Crippen molar-refractivity contribution in [3.63, 3.8) is 0 Å². The van der Waals surface area contributed by atoms with Crippen LogP contribution in [0.3, 0.4) is 0 Å². The van der Waals surface area contributed by atoms with Gasteiger partial charge >= 0.3 is 0 Å². The highest BCUT2D eigenvalue weighted by Crippen LogP contribution is 2.25. The maximum Gasteiger partial charge on any atom is 0.255 e. The standard InChI is InChI=1S/C20H16N2O4/c23-17-11-6-14(12-18(17)24)20(26)22-16-9-7-15(8-10-16)21-19(25)13-4-2-1-3-5-13/h1-12,23-24H,(H,21,25)(H,22,26). The molecule has 3 aromatic rings. The SMILES string of the molecule is O=C(Nc1ccc(NC(=O)c2ccc(O)c(O)c2)cc1)c1ccccc1. The van der Waals surface area contributed by atoms with E-state index in [0.717, 1.165) is 0 Å². The van der Waals surface area contributed by atoms with Crippen LogP contribution in [0.1, 0.15) is 20.7 Å². The zero-order valence-corrected chi connectivity index (χ0v) is 13.6. The zero-order valence-electron chi connectivity index (χ0n) is 13.6. The van der Waals surface area contributed by atoms with Crippen LogP contribution in [0.4, 0.5) is 11.4 Å². The fourth-order valence-electron chi connectivity index (χ4n) is 2.30. The molecule has 0 bridgehead atoms. The Morgan fingerprint density at radius 3 is 1.69 bits per heavy atom. The molecule has 0 saturated heterocycles. The summed E-state index contributed by atoms with van der Waals surface area (Å²) in [5.74, 6) is -1.31. The number of carbonyl (C=O) groups excluding carboxylic acids is 2. The number of aromatic hydroxyl groups is 2. The topological polar surface area (TPSA) is 98.7 Å². The molecule has 0 aliphatic carbocycles. The van der Waals surface area contributed by atoms with Gasteiger partial charge in [0.2, 0.25) is 0 Å². The van der Waals surface area contributed by atoms with Gasteiger partial charge in [-0.05, 0) is 54.6 Å². The summed E-state index contributed by atoms with van der Waals surface area (Å²) in [6.07, 6.45) is 0. The van der Waals surface area contributed by atoms with Crippen LogP contribution < -0.4 is 10.6 Å². The van der Waals surface area contributed by atoms with Crippen molar-refractivity contribution in [2.45, 2.75) is 0 Å². The molecule has 0 aliphatic heterocycles. The molecule has 3 aromatic carbocycles. The Balaban J connectivity index is 1.65. The lowest BCUT2D eigenvalue weighted by Gasteiger charge is -2.08. The number of phenolic OH excluding ortho intramolecular Hbond substituents is 2. The first kappa shape index (κ1) is 17.0. The van der Waals surface area contributed by atoms with Gasteiger partial charge in [-0.15, -0.1) is 0 Å². The summed E-state index contributed by atoms with van der Waals surface area (Å²) in [4.78, 5) is 24.2. The van der Waals surface area contributed by atoms with E-state index in [1.807, 2.05) is 6.07 Å². The molecule has 0 aliphatic rings. The van der Waals surface area contributed by atoms with E-state index >= 15 is 0 Å². The highest BCUT2D eigenvalue weighted by atomic mass is 16.3. The number of hydrogen-bond acceptors (Lipinski definition) is 4. The van der Waals surface area contributed by atoms with Gasteiger partial charge in [0.15, 0.2) is 11.5 Å². The molecule has 3 rings (SSSR count). The Morgan fingerprint density at radius 1 is 0.615 bits per heavy atom. The second-order valence-electron chi connectivity index (χ2n) is 5.56. The van der Waals surface area contributed by atoms with E-state index in [9.17, 15) is 19.8 Å². The van der Waals surface area contributed by atoms with Crippen LogP contribution in [0.25, 0.3) is 0 Å².